The Kier molecular flexibility index (Phi) is 6.78. The van der Waals surface area contributed by atoms with E-state index in [1.807, 2.05) is 0 Å². The summed E-state index contributed by atoms with van der Waals surface area (Å²) in [6, 6.07) is 4.66. The molecule has 0 unspecified atom stereocenters. The van der Waals surface area contributed by atoms with Gasteiger partial charge in [0.1, 0.15) is 4.90 Å². The number of likely N-dealkylation sites (tertiary alicyclic amines) is 1. The predicted molar refractivity (Wildman–Crippen MR) is 108 cm³/mol. The summed E-state index contributed by atoms with van der Waals surface area (Å²) in [7, 11) is -3.64. The summed E-state index contributed by atoms with van der Waals surface area (Å²) in [4.78, 5) is 14.6. The Hall–Kier alpha value is -1.15. The summed E-state index contributed by atoms with van der Waals surface area (Å²) >= 11 is 6.18. The van der Waals surface area contributed by atoms with Crippen molar-refractivity contribution >= 4 is 33.2 Å². The second kappa shape index (κ2) is 8.90. The van der Waals surface area contributed by atoms with Crippen molar-refractivity contribution in [1.82, 2.24) is 9.21 Å². The molecule has 6 nitrogen and oxygen atoms in total. The van der Waals surface area contributed by atoms with Crippen molar-refractivity contribution in [2.24, 2.45) is 5.92 Å². The molecule has 0 bridgehead atoms. The molecule has 0 radical (unpaired) electrons. The van der Waals surface area contributed by atoms with Crippen LogP contribution < -0.4 is 5.32 Å². The molecule has 2 heterocycles. The first-order valence-electron chi connectivity index (χ1n) is 9.68. The number of nitrogens with one attached hydrogen (secondary N) is 1. The second-order valence-corrected chi connectivity index (χ2v) is 9.93. The highest BCUT2D eigenvalue weighted by Crippen LogP contribution is 2.29. The van der Waals surface area contributed by atoms with Crippen LogP contribution >= 0.6 is 11.6 Å². The summed E-state index contributed by atoms with van der Waals surface area (Å²) in [6.07, 6.45) is 4.98. The number of amides is 1. The fourth-order valence-corrected chi connectivity index (χ4v) is 5.66. The van der Waals surface area contributed by atoms with Crippen LogP contribution in [0.15, 0.2) is 23.1 Å². The van der Waals surface area contributed by atoms with E-state index >= 15 is 0 Å². The normalized spacial score (nSPS) is 20.5. The van der Waals surface area contributed by atoms with Crippen LogP contribution in [0.5, 0.6) is 0 Å². The van der Waals surface area contributed by atoms with Gasteiger partial charge in [-0.2, -0.15) is 4.31 Å². The molecular weight excluding hydrogens is 386 g/mol. The van der Waals surface area contributed by atoms with Gasteiger partial charge in [0.15, 0.2) is 0 Å². The van der Waals surface area contributed by atoms with Gasteiger partial charge >= 0.3 is 0 Å². The Balaban J connectivity index is 1.68. The van der Waals surface area contributed by atoms with E-state index in [-0.39, 0.29) is 15.8 Å². The monoisotopic (exact) mass is 413 g/mol. The zero-order valence-corrected chi connectivity index (χ0v) is 17.4. The third kappa shape index (κ3) is 5.22. The van der Waals surface area contributed by atoms with Crippen molar-refractivity contribution in [2.75, 3.05) is 38.0 Å². The minimum Gasteiger partial charge on any atom is -0.325 e. The van der Waals surface area contributed by atoms with Gasteiger partial charge in [0.25, 0.3) is 0 Å². The van der Waals surface area contributed by atoms with E-state index in [2.05, 4.69) is 17.1 Å². The second-order valence-electron chi connectivity index (χ2n) is 7.62. The highest BCUT2D eigenvalue weighted by molar-refractivity contribution is 7.89. The lowest BCUT2D eigenvalue weighted by Gasteiger charge is -2.29. The van der Waals surface area contributed by atoms with Crippen LogP contribution in [-0.4, -0.2) is 56.3 Å². The molecule has 150 valence electrons. The number of anilines is 1. The Morgan fingerprint density at radius 3 is 2.48 bits per heavy atom. The van der Waals surface area contributed by atoms with Crippen LogP contribution in [0.3, 0.4) is 0 Å². The first-order valence-corrected chi connectivity index (χ1v) is 11.5. The summed E-state index contributed by atoms with van der Waals surface area (Å²) in [5.41, 5.74) is 0.463. The molecule has 0 atom stereocenters. The number of rotatable bonds is 5. The van der Waals surface area contributed by atoms with E-state index in [0.29, 0.717) is 31.2 Å². The van der Waals surface area contributed by atoms with Crippen molar-refractivity contribution < 1.29 is 13.2 Å². The summed E-state index contributed by atoms with van der Waals surface area (Å²) in [6.45, 7) is 5.43. The molecule has 2 saturated heterocycles. The van der Waals surface area contributed by atoms with Crippen molar-refractivity contribution in [3.63, 3.8) is 0 Å². The summed E-state index contributed by atoms with van der Waals surface area (Å²) in [5, 5.41) is 3.00. The number of piperidine rings is 2. The van der Waals surface area contributed by atoms with Gasteiger partial charge in [-0.25, -0.2) is 8.42 Å². The van der Waals surface area contributed by atoms with E-state index in [0.717, 1.165) is 45.2 Å². The molecule has 3 rings (SSSR count). The van der Waals surface area contributed by atoms with E-state index in [4.69, 9.17) is 11.6 Å². The topological polar surface area (TPSA) is 69.7 Å². The number of carbonyl (C=O) groups excluding carboxylic acids is 1. The van der Waals surface area contributed by atoms with Gasteiger partial charge in [-0.1, -0.05) is 24.9 Å². The number of nitrogens with zero attached hydrogens (tertiary/aromatic N) is 2. The molecule has 0 saturated carbocycles. The minimum atomic E-state index is -3.64. The van der Waals surface area contributed by atoms with E-state index in [1.165, 1.54) is 16.4 Å². The molecule has 2 aliphatic rings. The first kappa shape index (κ1) is 20.6. The maximum atomic E-state index is 12.9. The van der Waals surface area contributed by atoms with Crippen LogP contribution in [0.2, 0.25) is 5.02 Å². The fraction of sp³-hybridized carbons (Fsp3) is 0.632. The average molecular weight is 414 g/mol. The van der Waals surface area contributed by atoms with E-state index < -0.39 is 10.0 Å². The van der Waals surface area contributed by atoms with Gasteiger partial charge in [-0.15, -0.1) is 0 Å². The molecular formula is C19H28ClN3O3S. The molecule has 2 fully saturated rings. The quantitative estimate of drug-likeness (QED) is 0.804. The number of halogens is 1. The first-order chi connectivity index (χ1) is 12.9. The Bertz CT molecular complexity index is 770. The third-order valence-electron chi connectivity index (χ3n) is 5.39. The Labute approximate surface area is 166 Å². The number of hydrogen-bond acceptors (Lipinski definition) is 4. The van der Waals surface area contributed by atoms with E-state index in [1.54, 1.807) is 6.07 Å². The molecule has 8 heteroatoms. The SMILES string of the molecule is CC1CCN(CC(=O)Nc2ccc(Cl)c(S(=O)(=O)N3CCCCC3)c2)CC1. The number of hydrogen-bond donors (Lipinski definition) is 1. The summed E-state index contributed by atoms with van der Waals surface area (Å²) in [5.74, 6) is 0.580. The third-order valence-corrected chi connectivity index (χ3v) is 7.77. The fourth-order valence-electron chi connectivity index (χ4n) is 3.65. The number of sulfonamides is 1. The lowest BCUT2D eigenvalue weighted by molar-refractivity contribution is -0.117. The van der Waals surface area contributed by atoms with Crippen molar-refractivity contribution in [3.8, 4) is 0 Å². The number of carbonyl (C=O) groups is 1. The lowest BCUT2D eigenvalue weighted by atomic mass is 9.99. The Morgan fingerprint density at radius 1 is 1.15 bits per heavy atom. The lowest BCUT2D eigenvalue weighted by Crippen LogP contribution is -2.38. The molecule has 1 amide bonds. The van der Waals surface area contributed by atoms with Crippen LogP contribution in [0.25, 0.3) is 0 Å². The standard InChI is InChI=1S/C19H28ClN3O3S/c1-15-7-11-22(12-8-15)14-19(24)21-16-5-6-17(20)18(13-16)27(25,26)23-9-3-2-4-10-23/h5-6,13,15H,2-4,7-12,14H2,1H3,(H,21,24). The molecule has 1 aromatic carbocycles. The van der Waals surface area contributed by atoms with Crippen LogP contribution in [0.4, 0.5) is 5.69 Å². The highest BCUT2D eigenvalue weighted by Gasteiger charge is 2.28. The van der Waals surface area contributed by atoms with Gasteiger partial charge < -0.3 is 5.32 Å². The molecule has 1 N–H and O–H groups in total. The van der Waals surface area contributed by atoms with Crippen LogP contribution in [-0.2, 0) is 14.8 Å². The van der Waals surface area contributed by atoms with Crippen LogP contribution in [0.1, 0.15) is 39.0 Å². The molecule has 1 aromatic rings. The molecule has 27 heavy (non-hydrogen) atoms. The molecule has 0 aromatic heterocycles. The van der Waals surface area contributed by atoms with Crippen molar-refractivity contribution in [2.45, 2.75) is 43.9 Å². The Morgan fingerprint density at radius 2 is 1.81 bits per heavy atom. The zero-order valence-electron chi connectivity index (χ0n) is 15.8. The van der Waals surface area contributed by atoms with Gasteiger partial charge in [0, 0.05) is 18.8 Å². The van der Waals surface area contributed by atoms with Gasteiger partial charge in [-0.3, -0.25) is 9.69 Å². The molecule has 0 spiro atoms. The van der Waals surface area contributed by atoms with Gasteiger partial charge in [0.2, 0.25) is 15.9 Å². The van der Waals surface area contributed by atoms with Crippen LogP contribution in [0, 0.1) is 5.92 Å². The minimum absolute atomic E-state index is 0.0654. The zero-order chi connectivity index (χ0) is 19.4. The summed E-state index contributed by atoms with van der Waals surface area (Å²) < 4.78 is 27.3. The smallest absolute Gasteiger partial charge is 0.244 e. The highest BCUT2D eigenvalue weighted by atomic mass is 35.5. The van der Waals surface area contributed by atoms with Gasteiger partial charge in [-0.05, 0) is 62.9 Å². The van der Waals surface area contributed by atoms with E-state index in [9.17, 15) is 13.2 Å². The average Bonchev–Trinajstić information content (AvgIpc) is 2.66. The molecule has 0 aliphatic carbocycles. The molecule has 2 aliphatic heterocycles. The van der Waals surface area contributed by atoms with Gasteiger partial charge in [0.05, 0.1) is 11.6 Å². The maximum absolute atomic E-state index is 12.9. The number of benzene rings is 1. The van der Waals surface area contributed by atoms with Crippen molar-refractivity contribution in [3.05, 3.63) is 23.2 Å². The van der Waals surface area contributed by atoms with Crippen molar-refractivity contribution in [1.29, 1.82) is 0 Å². The maximum Gasteiger partial charge on any atom is 0.244 e. The predicted octanol–water partition coefficient (Wildman–Crippen LogP) is 3.19. The largest absolute Gasteiger partial charge is 0.325 e.